The lowest BCUT2D eigenvalue weighted by Crippen LogP contribution is -2.40. The van der Waals surface area contributed by atoms with E-state index in [1.165, 1.54) is 0 Å². The predicted octanol–water partition coefficient (Wildman–Crippen LogP) is 1.87. The van der Waals surface area contributed by atoms with Gasteiger partial charge < -0.3 is 10.0 Å². The number of carbonyl (C=O) groups excluding carboxylic acids is 1. The third-order valence-electron chi connectivity index (χ3n) is 4.27. The zero-order valence-electron chi connectivity index (χ0n) is 12.8. The summed E-state index contributed by atoms with van der Waals surface area (Å²) in [5.74, 6) is -1.13. The SMILES string of the molecule is O=C(O)C1CCN(C(=O)c2ccccc2Cn2cccn2)CC1. The van der Waals surface area contributed by atoms with Crippen molar-refractivity contribution in [3.63, 3.8) is 0 Å². The Bertz CT molecular complexity index is 689. The van der Waals surface area contributed by atoms with E-state index in [2.05, 4.69) is 5.10 Å². The number of carboxylic acids is 1. The average Bonchev–Trinajstić information content (AvgIpc) is 3.08. The Hall–Kier alpha value is -2.63. The number of rotatable bonds is 4. The fourth-order valence-electron chi connectivity index (χ4n) is 2.94. The molecule has 1 aromatic carbocycles. The number of hydrogen-bond acceptors (Lipinski definition) is 3. The van der Waals surface area contributed by atoms with Crippen molar-refractivity contribution in [2.45, 2.75) is 19.4 Å². The molecule has 0 aliphatic carbocycles. The summed E-state index contributed by atoms with van der Waals surface area (Å²) in [7, 11) is 0. The van der Waals surface area contributed by atoms with Crippen LogP contribution in [0.1, 0.15) is 28.8 Å². The molecule has 120 valence electrons. The van der Waals surface area contributed by atoms with Crippen molar-refractivity contribution >= 4 is 11.9 Å². The van der Waals surface area contributed by atoms with Gasteiger partial charge in [0.25, 0.3) is 5.91 Å². The topological polar surface area (TPSA) is 75.4 Å². The lowest BCUT2D eigenvalue weighted by Gasteiger charge is -2.30. The van der Waals surface area contributed by atoms with Gasteiger partial charge in [0.05, 0.1) is 12.5 Å². The van der Waals surface area contributed by atoms with E-state index < -0.39 is 5.97 Å². The van der Waals surface area contributed by atoms with Crippen LogP contribution in [0.2, 0.25) is 0 Å². The molecule has 0 atom stereocenters. The van der Waals surface area contributed by atoms with Crippen molar-refractivity contribution in [1.29, 1.82) is 0 Å². The molecule has 0 radical (unpaired) electrons. The highest BCUT2D eigenvalue weighted by Gasteiger charge is 2.28. The number of carboxylic acid groups (broad SMARTS) is 1. The third-order valence-corrected chi connectivity index (χ3v) is 4.27. The molecule has 1 aliphatic rings. The fraction of sp³-hybridized carbons (Fsp3) is 0.353. The Morgan fingerprint density at radius 2 is 1.91 bits per heavy atom. The summed E-state index contributed by atoms with van der Waals surface area (Å²) in [5, 5.41) is 13.2. The molecule has 6 nitrogen and oxygen atoms in total. The molecule has 0 saturated carbocycles. The first-order valence-corrected chi connectivity index (χ1v) is 7.72. The van der Waals surface area contributed by atoms with E-state index in [9.17, 15) is 9.59 Å². The van der Waals surface area contributed by atoms with Crippen LogP contribution in [0.15, 0.2) is 42.7 Å². The molecule has 23 heavy (non-hydrogen) atoms. The van der Waals surface area contributed by atoms with E-state index in [-0.39, 0.29) is 11.8 Å². The Labute approximate surface area is 134 Å². The Morgan fingerprint density at radius 1 is 1.17 bits per heavy atom. The standard InChI is InChI=1S/C17H19N3O3/c21-16(19-10-6-13(7-11-19)17(22)23)15-5-2-1-4-14(15)12-20-9-3-8-18-20/h1-5,8-9,13H,6-7,10-12H2,(H,22,23). The maximum atomic E-state index is 12.8. The lowest BCUT2D eigenvalue weighted by molar-refractivity contribution is -0.143. The molecular formula is C17H19N3O3. The average molecular weight is 313 g/mol. The first-order valence-electron chi connectivity index (χ1n) is 7.72. The van der Waals surface area contributed by atoms with Gasteiger partial charge in [0.1, 0.15) is 0 Å². The van der Waals surface area contributed by atoms with Crippen LogP contribution < -0.4 is 0 Å². The summed E-state index contributed by atoms with van der Waals surface area (Å²) in [6.07, 6.45) is 4.60. The van der Waals surface area contributed by atoms with Crippen molar-refractivity contribution < 1.29 is 14.7 Å². The lowest BCUT2D eigenvalue weighted by atomic mass is 9.96. The van der Waals surface area contributed by atoms with Crippen LogP contribution in [-0.2, 0) is 11.3 Å². The second-order valence-corrected chi connectivity index (χ2v) is 5.77. The molecule has 0 bridgehead atoms. The molecule has 1 aromatic heterocycles. The van der Waals surface area contributed by atoms with Crippen LogP contribution in [0.25, 0.3) is 0 Å². The van der Waals surface area contributed by atoms with Gasteiger partial charge in [0.2, 0.25) is 0 Å². The summed E-state index contributed by atoms with van der Waals surface area (Å²) in [6, 6.07) is 9.36. The van der Waals surface area contributed by atoms with Crippen molar-refractivity contribution in [2.75, 3.05) is 13.1 Å². The van der Waals surface area contributed by atoms with Gasteiger partial charge in [-0.05, 0) is 30.5 Å². The monoisotopic (exact) mass is 313 g/mol. The predicted molar refractivity (Wildman–Crippen MR) is 84.0 cm³/mol. The summed E-state index contributed by atoms with van der Waals surface area (Å²) >= 11 is 0. The number of amides is 1. The van der Waals surface area contributed by atoms with E-state index in [1.807, 2.05) is 36.5 Å². The largest absolute Gasteiger partial charge is 0.481 e. The highest BCUT2D eigenvalue weighted by molar-refractivity contribution is 5.95. The van der Waals surface area contributed by atoms with Gasteiger partial charge in [0, 0.05) is 31.0 Å². The number of piperidine rings is 1. The van der Waals surface area contributed by atoms with Crippen molar-refractivity contribution in [3.8, 4) is 0 Å². The Morgan fingerprint density at radius 3 is 2.57 bits per heavy atom. The maximum absolute atomic E-state index is 12.8. The smallest absolute Gasteiger partial charge is 0.306 e. The quantitative estimate of drug-likeness (QED) is 0.935. The minimum absolute atomic E-state index is 0.0309. The third kappa shape index (κ3) is 3.41. The highest BCUT2D eigenvalue weighted by atomic mass is 16.4. The van der Waals surface area contributed by atoms with E-state index in [1.54, 1.807) is 15.8 Å². The number of aliphatic carboxylic acids is 1. The zero-order chi connectivity index (χ0) is 16.2. The van der Waals surface area contributed by atoms with Crippen LogP contribution >= 0.6 is 0 Å². The van der Waals surface area contributed by atoms with Gasteiger partial charge in [-0.25, -0.2) is 0 Å². The van der Waals surface area contributed by atoms with Crippen LogP contribution in [0.3, 0.4) is 0 Å². The fourth-order valence-corrected chi connectivity index (χ4v) is 2.94. The number of benzene rings is 1. The first kappa shape index (κ1) is 15.3. The van der Waals surface area contributed by atoms with E-state index >= 15 is 0 Å². The van der Waals surface area contributed by atoms with E-state index in [0.29, 0.717) is 38.0 Å². The summed E-state index contributed by atoms with van der Waals surface area (Å²) < 4.78 is 1.78. The molecule has 1 N–H and O–H groups in total. The molecule has 1 fully saturated rings. The summed E-state index contributed by atoms with van der Waals surface area (Å²) in [4.78, 5) is 25.5. The molecular weight excluding hydrogens is 294 g/mol. The van der Waals surface area contributed by atoms with E-state index in [0.717, 1.165) is 5.56 Å². The number of carbonyl (C=O) groups is 2. The second kappa shape index (κ2) is 6.64. The van der Waals surface area contributed by atoms with Crippen molar-refractivity contribution in [3.05, 3.63) is 53.9 Å². The zero-order valence-corrected chi connectivity index (χ0v) is 12.8. The van der Waals surface area contributed by atoms with Crippen LogP contribution in [0.4, 0.5) is 0 Å². The second-order valence-electron chi connectivity index (χ2n) is 5.77. The maximum Gasteiger partial charge on any atom is 0.306 e. The number of hydrogen-bond donors (Lipinski definition) is 1. The van der Waals surface area contributed by atoms with Gasteiger partial charge in [-0.3, -0.25) is 14.3 Å². The van der Waals surface area contributed by atoms with Gasteiger partial charge in [-0.15, -0.1) is 0 Å². The number of aromatic nitrogens is 2. The molecule has 0 spiro atoms. The molecule has 1 saturated heterocycles. The molecule has 2 aromatic rings. The number of nitrogens with zero attached hydrogens (tertiary/aromatic N) is 3. The van der Waals surface area contributed by atoms with E-state index in [4.69, 9.17) is 5.11 Å². The summed E-state index contributed by atoms with van der Waals surface area (Å²) in [6.45, 7) is 1.53. The van der Waals surface area contributed by atoms with Crippen LogP contribution in [-0.4, -0.2) is 44.8 Å². The Balaban J connectivity index is 1.74. The molecule has 6 heteroatoms. The molecule has 3 rings (SSSR count). The molecule has 1 aliphatic heterocycles. The van der Waals surface area contributed by atoms with Crippen molar-refractivity contribution in [1.82, 2.24) is 14.7 Å². The number of likely N-dealkylation sites (tertiary alicyclic amines) is 1. The van der Waals surface area contributed by atoms with Crippen LogP contribution in [0, 0.1) is 5.92 Å². The highest BCUT2D eigenvalue weighted by Crippen LogP contribution is 2.21. The van der Waals surface area contributed by atoms with Crippen LogP contribution in [0.5, 0.6) is 0 Å². The van der Waals surface area contributed by atoms with Gasteiger partial charge in [-0.2, -0.15) is 5.10 Å². The molecule has 2 heterocycles. The van der Waals surface area contributed by atoms with Crippen molar-refractivity contribution in [2.24, 2.45) is 5.92 Å². The Kier molecular flexibility index (Phi) is 4.41. The molecule has 0 unspecified atom stereocenters. The normalized spacial score (nSPS) is 15.6. The van der Waals surface area contributed by atoms with Gasteiger partial charge in [0.15, 0.2) is 0 Å². The molecule has 1 amide bonds. The minimum Gasteiger partial charge on any atom is -0.481 e. The summed E-state index contributed by atoms with van der Waals surface area (Å²) in [5.41, 5.74) is 1.58. The van der Waals surface area contributed by atoms with Gasteiger partial charge >= 0.3 is 5.97 Å². The first-order chi connectivity index (χ1) is 11.1. The minimum atomic E-state index is -0.767. The van der Waals surface area contributed by atoms with Gasteiger partial charge in [-0.1, -0.05) is 18.2 Å².